The van der Waals surface area contributed by atoms with Gasteiger partial charge in [0.25, 0.3) is 5.91 Å². The summed E-state index contributed by atoms with van der Waals surface area (Å²) in [5.41, 5.74) is 2.63. The van der Waals surface area contributed by atoms with Gasteiger partial charge in [0, 0.05) is 17.1 Å². The van der Waals surface area contributed by atoms with Crippen molar-refractivity contribution in [3.8, 4) is 16.9 Å². The number of halogens is 2. The Kier molecular flexibility index (Phi) is 6.19. The van der Waals surface area contributed by atoms with Crippen LogP contribution in [-0.4, -0.2) is 22.2 Å². The highest BCUT2D eigenvalue weighted by Gasteiger charge is 2.18. The zero-order valence-electron chi connectivity index (χ0n) is 15.2. The summed E-state index contributed by atoms with van der Waals surface area (Å²) in [6.07, 6.45) is 0.915. The maximum absolute atomic E-state index is 12.8. The van der Waals surface area contributed by atoms with Crippen LogP contribution in [0.3, 0.4) is 0 Å². The molecule has 0 radical (unpaired) electrons. The van der Waals surface area contributed by atoms with Crippen LogP contribution in [0.5, 0.6) is 0 Å². The van der Waals surface area contributed by atoms with Crippen molar-refractivity contribution < 1.29 is 4.79 Å². The van der Waals surface area contributed by atoms with Crippen LogP contribution in [-0.2, 0) is 0 Å². The molecular formula is C21H21Cl2N3O. The molecule has 0 unspecified atom stereocenters. The Morgan fingerprint density at radius 2 is 1.81 bits per heavy atom. The lowest BCUT2D eigenvalue weighted by molar-refractivity contribution is 0.0944. The van der Waals surface area contributed by atoms with Crippen LogP contribution >= 0.6 is 23.2 Å². The molecule has 2 aromatic carbocycles. The van der Waals surface area contributed by atoms with Gasteiger partial charge in [-0.1, -0.05) is 55.2 Å². The molecule has 0 aliphatic carbocycles. The van der Waals surface area contributed by atoms with Crippen molar-refractivity contribution in [3.05, 3.63) is 70.3 Å². The zero-order valence-corrected chi connectivity index (χ0v) is 16.8. The van der Waals surface area contributed by atoms with Crippen LogP contribution in [0.2, 0.25) is 10.0 Å². The number of benzene rings is 2. The van der Waals surface area contributed by atoms with Crippen LogP contribution in [0, 0.1) is 5.92 Å². The van der Waals surface area contributed by atoms with Gasteiger partial charge in [-0.2, -0.15) is 5.10 Å². The number of nitrogens with one attached hydrogen (secondary N) is 1. The zero-order chi connectivity index (χ0) is 19.4. The van der Waals surface area contributed by atoms with Crippen molar-refractivity contribution in [1.29, 1.82) is 0 Å². The molecule has 0 saturated carbocycles. The van der Waals surface area contributed by atoms with Crippen molar-refractivity contribution >= 4 is 29.1 Å². The van der Waals surface area contributed by atoms with E-state index in [0.29, 0.717) is 33.9 Å². The van der Waals surface area contributed by atoms with Crippen LogP contribution in [0.25, 0.3) is 16.9 Å². The molecule has 1 aromatic heterocycles. The summed E-state index contributed by atoms with van der Waals surface area (Å²) in [5.74, 6) is 0.349. The normalized spacial score (nSPS) is 11.0. The van der Waals surface area contributed by atoms with Crippen molar-refractivity contribution in [2.75, 3.05) is 6.54 Å². The Bertz CT molecular complexity index is 933. The van der Waals surface area contributed by atoms with Crippen LogP contribution in [0.4, 0.5) is 0 Å². The fraction of sp³-hybridized carbons (Fsp3) is 0.238. The van der Waals surface area contributed by atoms with Gasteiger partial charge < -0.3 is 5.32 Å². The van der Waals surface area contributed by atoms with E-state index in [-0.39, 0.29) is 5.91 Å². The molecule has 0 atom stereocenters. The number of aromatic nitrogens is 2. The van der Waals surface area contributed by atoms with E-state index < -0.39 is 0 Å². The van der Waals surface area contributed by atoms with E-state index >= 15 is 0 Å². The second-order valence-electron chi connectivity index (χ2n) is 6.72. The highest BCUT2D eigenvalue weighted by Crippen LogP contribution is 2.28. The lowest BCUT2D eigenvalue weighted by Crippen LogP contribution is -2.27. The van der Waals surface area contributed by atoms with Gasteiger partial charge in [0.1, 0.15) is 5.69 Å². The summed E-state index contributed by atoms with van der Waals surface area (Å²) in [6.45, 7) is 4.86. The number of rotatable bonds is 6. The first kappa shape index (κ1) is 19.5. The lowest BCUT2D eigenvalue weighted by atomic mass is 10.1. The average Bonchev–Trinajstić information content (AvgIpc) is 3.07. The predicted molar refractivity (Wildman–Crippen MR) is 111 cm³/mol. The van der Waals surface area contributed by atoms with Gasteiger partial charge in [-0.15, -0.1) is 0 Å². The number of carbonyl (C=O) groups excluding carboxylic acids is 1. The standard InChI is InChI=1S/C21H21Cl2N3O/c1-14(2)11-12-24-21(27)20-13-19(17-5-3-4-6-18(17)23)25-26(20)16-9-7-15(22)8-10-16/h3-10,13-14H,11-12H2,1-2H3,(H,24,27). The maximum atomic E-state index is 12.8. The topological polar surface area (TPSA) is 46.9 Å². The maximum Gasteiger partial charge on any atom is 0.270 e. The van der Waals surface area contributed by atoms with Gasteiger partial charge in [0.15, 0.2) is 0 Å². The molecule has 1 amide bonds. The van der Waals surface area contributed by atoms with Gasteiger partial charge in [-0.3, -0.25) is 4.79 Å². The summed E-state index contributed by atoms with van der Waals surface area (Å²) in [7, 11) is 0. The molecule has 0 aliphatic rings. The minimum Gasteiger partial charge on any atom is -0.351 e. The summed E-state index contributed by atoms with van der Waals surface area (Å²) in [6, 6.07) is 16.4. The van der Waals surface area contributed by atoms with E-state index in [1.807, 2.05) is 30.3 Å². The van der Waals surface area contributed by atoms with Crippen LogP contribution in [0.1, 0.15) is 30.8 Å². The Morgan fingerprint density at radius 1 is 1.11 bits per heavy atom. The van der Waals surface area contributed by atoms with E-state index in [1.165, 1.54) is 0 Å². The molecule has 0 spiro atoms. The van der Waals surface area contributed by atoms with Gasteiger partial charge >= 0.3 is 0 Å². The molecule has 4 nitrogen and oxygen atoms in total. The van der Waals surface area contributed by atoms with Crippen LogP contribution < -0.4 is 5.32 Å². The SMILES string of the molecule is CC(C)CCNC(=O)c1cc(-c2ccccc2Cl)nn1-c1ccc(Cl)cc1. The largest absolute Gasteiger partial charge is 0.351 e. The minimum atomic E-state index is -0.170. The molecule has 1 heterocycles. The van der Waals surface area contributed by atoms with Crippen LogP contribution in [0.15, 0.2) is 54.6 Å². The van der Waals surface area contributed by atoms with E-state index in [0.717, 1.165) is 17.7 Å². The number of hydrogen-bond acceptors (Lipinski definition) is 2. The molecule has 6 heteroatoms. The summed E-state index contributed by atoms with van der Waals surface area (Å²) >= 11 is 12.3. The second kappa shape index (κ2) is 8.59. The highest BCUT2D eigenvalue weighted by atomic mass is 35.5. The molecule has 0 saturated heterocycles. The first-order chi connectivity index (χ1) is 13.0. The minimum absolute atomic E-state index is 0.170. The monoisotopic (exact) mass is 401 g/mol. The first-order valence-corrected chi connectivity index (χ1v) is 9.60. The second-order valence-corrected chi connectivity index (χ2v) is 7.56. The Hall–Kier alpha value is -2.30. The third-order valence-electron chi connectivity index (χ3n) is 4.17. The molecule has 1 N–H and O–H groups in total. The molecule has 0 aliphatic heterocycles. The Labute approximate surface area is 169 Å². The van der Waals surface area contributed by atoms with Crippen molar-refractivity contribution in [1.82, 2.24) is 15.1 Å². The highest BCUT2D eigenvalue weighted by molar-refractivity contribution is 6.33. The predicted octanol–water partition coefficient (Wildman–Crippen LogP) is 5.62. The van der Waals surface area contributed by atoms with E-state index in [4.69, 9.17) is 23.2 Å². The number of hydrogen-bond donors (Lipinski definition) is 1. The van der Waals surface area contributed by atoms with E-state index in [1.54, 1.807) is 28.9 Å². The fourth-order valence-electron chi connectivity index (χ4n) is 2.69. The van der Waals surface area contributed by atoms with E-state index in [2.05, 4.69) is 24.3 Å². The fourth-order valence-corrected chi connectivity index (χ4v) is 3.05. The van der Waals surface area contributed by atoms with Crippen molar-refractivity contribution in [2.45, 2.75) is 20.3 Å². The number of nitrogens with zero attached hydrogens (tertiary/aromatic N) is 2. The Balaban J connectivity index is 2.00. The third kappa shape index (κ3) is 4.71. The first-order valence-electron chi connectivity index (χ1n) is 8.85. The van der Waals surface area contributed by atoms with E-state index in [9.17, 15) is 4.79 Å². The number of amides is 1. The third-order valence-corrected chi connectivity index (χ3v) is 4.75. The van der Waals surface area contributed by atoms with Crippen molar-refractivity contribution in [3.63, 3.8) is 0 Å². The Morgan fingerprint density at radius 3 is 2.48 bits per heavy atom. The smallest absolute Gasteiger partial charge is 0.270 e. The molecule has 3 aromatic rings. The molecule has 140 valence electrons. The molecule has 0 bridgehead atoms. The van der Waals surface area contributed by atoms with Gasteiger partial charge in [-0.05, 0) is 48.7 Å². The summed E-state index contributed by atoms with van der Waals surface area (Å²) in [5, 5.41) is 8.82. The van der Waals surface area contributed by atoms with Gasteiger partial charge in [0.2, 0.25) is 0 Å². The average molecular weight is 402 g/mol. The summed E-state index contributed by atoms with van der Waals surface area (Å²) in [4.78, 5) is 12.8. The molecule has 3 rings (SSSR count). The molecular weight excluding hydrogens is 381 g/mol. The molecule has 0 fully saturated rings. The van der Waals surface area contributed by atoms with Gasteiger partial charge in [-0.25, -0.2) is 4.68 Å². The lowest BCUT2D eigenvalue weighted by Gasteiger charge is -2.09. The van der Waals surface area contributed by atoms with Gasteiger partial charge in [0.05, 0.1) is 16.4 Å². The van der Waals surface area contributed by atoms with Crippen molar-refractivity contribution in [2.24, 2.45) is 5.92 Å². The number of carbonyl (C=O) groups is 1. The molecule has 27 heavy (non-hydrogen) atoms. The summed E-state index contributed by atoms with van der Waals surface area (Å²) < 4.78 is 1.62. The quantitative estimate of drug-likeness (QED) is 0.582.